The van der Waals surface area contributed by atoms with Gasteiger partial charge in [-0.1, -0.05) is 29.8 Å². The molecule has 164 valence electrons. The number of imidazole rings is 2. The summed E-state index contributed by atoms with van der Waals surface area (Å²) in [6.45, 7) is 0. The van der Waals surface area contributed by atoms with Crippen molar-refractivity contribution in [1.82, 2.24) is 19.1 Å². The highest BCUT2D eigenvalue weighted by molar-refractivity contribution is 7.89. The number of carbonyl (C=O) groups is 1. The van der Waals surface area contributed by atoms with Gasteiger partial charge in [0.05, 0.1) is 24.5 Å². The zero-order chi connectivity index (χ0) is 22.9. The Bertz CT molecular complexity index is 1420. The van der Waals surface area contributed by atoms with Crippen molar-refractivity contribution in [3.63, 3.8) is 0 Å². The Morgan fingerprint density at radius 1 is 1.09 bits per heavy atom. The summed E-state index contributed by atoms with van der Waals surface area (Å²) >= 11 is 6.08. The number of nitrogens with one attached hydrogen (secondary N) is 1. The highest BCUT2D eigenvalue weighted by Crippen LogP contribution is 2.25. The minimum absolute atomic E-state index is 0.0124. The standard InChI is InChI=1S/C20H16ClFN6O3S/c21-15-4-2-1-3-13(15)7-20(29)26-14-5-6-16(17(8-14)32(23,30)31)27-10-19(25-12-27)28-9-18(22)24-11-28/h1-6,8-12H,7H2,(H,26,29)(H2,23,30,31). The van der Waals surface area contributed by atoms with Gasteiger partial charge in [0.15, 0.2) is 5.82 Å². The summed E-state index contributed by atoms with van der Waals surface area (Å²) in [5.41, 5.74) is 1.08. The van der Waals surface area contributed by atoms with Crippen LogP contribution in [0.4, 0.5) is 10.1 Å². The van der Waals surface area contributed by atoms with Crippen LogP contribution in [0.25, 0.3) is 11.5 Å². The van der Waals surface area contributed by atoms with Crippen LogP contribution in [-0.4, -0.2) is 33.4 Å². The first kappa shape index (κ1) is 21.7. The van der Waals surface area contributed by atoms with Crippen molar-refractivity contribution >= 4 is 33.2 Å². The maximum absolute atomic E-state index is 13.2. The number of nitrogens with zero attached hydrogens (tertiary/aromatic N) is 4. The molecule has 12 heteroatoms. The highest BCUT2D eigenvalue weighted by atomic mass is 35.5. The fraction of sp³-hybridized carbons (Fsp3) is 0.0500. The van der Waals surface area contributed by atoms with Gasteiger partial charge >= 0.3 is 0 Å². The van der Waals surface area contributed by atoms with E-state index in [-0.39, 0.29) is 28.6 Å². The second-order valence-electron chi connectivity index (χ2n) is 6.79. The van der Waals surface area contributed by atoms with Crippen LogP contribution in [0.15, 0.2) is 72.4 Å². The first-order valence-electron chi connectivity index (χ1n) is 9.15. The predicted molar refractivity (Wildman–Crippen MR) is 116 cm³/mol. The van der Waals surface area contributed by atoms with Crippen LogP contribution in [0.3, 0.4) is 0 Å². The van der Waals surface area contributed by atoms with Gasteiger partial charge in [-0.3, -0.25) is 9.36 Å². The summed E-state index contributed by atoms with van der Waals surface area (Å²) in [6, 6.07) is 11.2. The van der Waals surface area contributed by atoms with E-state index in [0.29, 0.717) is 16.4 Å². The number of benzene rings is 2. The largest absolute Gasteiger partial charge is 0.326 e. The molecule has 0 fully saturated rings. The minimum atomic E-state index is -4.16. The fourth-order valence-corrected chi connectivity index (χ4v) is 4.01. The third kappa shape index (κ3) is 4.69. The Labute approximate surface area is 187 Å². The van der Waals surface area contributed by atoms with Crippen molar-refractivity contribution in [3.8, 4) is 11.5 Å². The van der Waals surface area contributed by atoms with Gasteiger partial charge in [-0.25, -0.2) is 23.5 Å². The van der Waals surface area contributed by atoms with Crippen molar-refractivity contribution in [1.29, 1.82) is 0 Å². The van der Waals surface area contributed by atoms with Gasteiger partial charge in [-0.05, 0) is 29.8 Å². The smallest absolute Gasteiger partial charge is 0.240 e. The van der Waals surface area contributed by atoms with Gasteiger partial charge in [0.2, 0.25) is 21.9 Å². The number of halogens is 2. The second kappa shape index (κ2) is 8.54. The Hall–Kier alpha value is -3.54. The lowest BCUT2D eigenvalue weighted by molar-refractivity contribution is -0.115. The molecule has 1 amide bonds. The maximum Gasteiger partial charge on any atom is 0.240 e. The molecule has 0 unspecified atom stereocenters. The molecule has 2 heterocycles. The molecular weight excluding hydrogens is 459 g/mol. The van der Waals surface area contributed by atoms with Crippen molar-refractivity contribution in [2.24, 2.45) is 5.14 Å². The van der Waals surface area contributed by atoms with E-state index in [4.69, 9.17) is 16.7 Å². The molecule has 9 nitrogen and oxygen atoms in total. The van der Waals surface area contributed by atoms with Gasteiger partial charge < -0.3 is 9.88 Å². The van der Waals surface area contributed by atoms with E-state index in [1.54, 1.807) is 24.3 Å². The van der Waals surface area contributed by atoms with Gasteiger partial charge in [-0.15, -0.1) is 0 Å². The van der Waals surface area contributed by atoms with Crippen LogP contribution < -0.4 is 10.5 Å². The Kier molecular flexibility index (Phi) is 5.78. The molecule has 3 N–H and O–H groups in total. The lowest BCUT2D eigenvalue weighted by atomic mass is 10.1. The topological polar surface area (TPSA) is 125 Å². The molecule has 0 radical (unpaired) electrons. The van der Waals surface area contributed by atoms with Crippen LogP contribution in [-0.2, 0) is 21.2 Å². The quantitative estimate of drug-likeness (QED) is 0.444. The molecule has 0 bridgehead atoms. The van der Waals surface area contributed by atoms with Crippen molar-refractivity contribution in [2.45, 2.75) is 11.3 Å². The van der Waals surface area contributed by atoms with Crippen molar-refractivity contribution in [2.75, 3.05) is 5.32 Å². The molecule has 4 rings (SSSR count). The SMILES string of the molecule is NS(=O)(=O)c1cc(NC(=O)Cc2ccccc2Cl)ccc1-n1cnc(-n2cnc(F)c2)c1. The molecule has 0 atom stereocenters. The Balaban J connectivity index is 1.62. The van der Waals surface area contributed by atoms with E-state index >= 15 is 0 Å². The van der Waals surface area contributed by atoms with Crippen molar-refractivity contribution < 1.29 is 17.6 Å². The molecule has 2 aromatic carbocycles. The van der Waals surface area contributed by atoms with Crippen LogP contribution >= 0.6 is 11.6 Å². The Morgan fingerprint density at radius 3 is 2.53 bits per heavy atom. The van der Waals surface area contributed by atoms with E-state index in [2.05, 4.69) is 15.3 Å². The molecule has 32 heavy (non-hydrogen) atoms. The van der Waals surface area contributed by atoms with Gasteiger partial charge in [0.25, 0.3) is 0 Å². The summed E-state index contributed by atoms with van der Waals surface area (Å²) < 4.78 is 40.4. The first-order valence-corrected chi connectivity index (χ1v) is 11.1. The molecule has 0 aliphatic rings. The third-order valence-electron chi connectivity index (χ3n) is 4.52. The molecule has 0 aliphatic carbocycles. The van der Waals surface area contributed by atoms with Gasteiger partial charge in [0.1, 0.15) is 17.6 Å². The summed E-state index contributed by atoms with van der Waals surface area (Å²) in [5, 5.41) is 8.50. The zero-order valence-corrected chi connectivity index (χ0v) is 17.9. The molecule has 0 saturated carbocycles. The third-order valence-corrected chi connectivity index (χ3v) is 5.83. The second-order valence-corrected chi connectivity index (χ2v) is 8.72. The number of hydrogen-bond acceptors (Lipinski definition) is 5. The van der Waals surface area contributed by atoms with E-state index in [1.807, 2.05) is 0 Å². The molecule has 0 saturated heterocycles. The van der Waals surface area contributed by atoms with Gasteiger partial charge in [0, 0.05) is 10.7 Å². The molecule has 2 aromatic heterocycles. The molecule has 4 aromatic rings. The summed E-state index contributed by atoms with van der Waals surface area (Å²) in [7, 11) is -4.16. The fourth-order valence-electron chi connectivity index (χ4n) is 3.05. The summed E-state index contributed by atoms with van der Waals surface area (Å²) in [4.78, 5) is 19.8. The predicted octanol–water partition coefficient (Wildman–Crippen LogP) is 2.68. The molecule has 0 aliphatic heterocycles. The summed E-state index contributed by atoms with van der Waals surface area (Å²) in [5.74, 6) is -0.737. The number of sulfonamides is 1. The number of nitrogens with two attached hydrogens (primary N) is 1. The van der Waals surface area contributed by atoms with Crippen LogP contribution in [0, 0.1) is 5.95 Å². The lowest BCUT2D eigenvalue weighted by Crippen LogP contribution is -2.18. The first-order chi connectivity index (χ1) is 15.2. The lowest BCUT2D eigenvalue weighted by Gasteiger charge is -2.12. The van der Waals surface area contributed by atoms with E-state index in [9.17, 15) is 17.6 Å². The average molecular weight is 475 g/mol. The number of hydrogen-bond donors (Lipinski definition) is 2. The number of anilines is 1. The van der Waals surface area contributed by atoms with E-state index < -0.39 is 16.0 Å². The van der Waals surface area contributed by atoms with Gasteiger partial charge in [-0.2, -0.15) is 4.39 Å². The normalized spacial score (nSPS) is 11.5. The van der Waals surface area contributed by atoms with Crippen LogP contribution in [0.2, 0.25) is 5.02 Å². The van der Waals surface area contributed by atoms with Crippen LogP contribution in [0.5, 0.6) is 0 Å². The van der Waals surface area contributed by atoms with Crippen molar-refractivity contribution in [3.05, 3.63) is 84.0 Å². The molecule has 0 spiro atoms. The molecular formula is C20H16ClFN6O3S. The highest BCUT2D eigenvalue weighted by Gasteiger charge is 2.18. The van der Waals surface area contributed by atoms with Crippen LogP contribution in [0.1, 0.15) is 5.56 Å². The maximum atomic E-state index is 13.2. The average Bonchev–Trinajstić information content (AvgIpc) is 3.38. The van der Waals surface area contributed by atoms with E-state index in [1.165, 1.54) is 46.2 Å². The number of carbonyl (C=O) groups excluding carboxylic acids is 1. The summed E-state index contributed by atoms with van der Waals surface area (Å²) in [6.07, 6.45) is 5.22. The number of amides is 1. The number of rotatable bonds is 6. The van der Waals surface area contributed by atoms with E-state index in [0.717, 1.165) is 6.20 Å². The number of aromatic nitrogens is 4. The minimum Gasteiger partial charge on any atom is -0.326 e. The number of primary sulfonamides is 1. The zero-order valence-electron chi connectivity index (χ0n) is 16.3. The monoisotopic (exact) mass is 474 g/mol. The Morgan fingerprint density at radius 2 is 1.84 bits per heavy atom.